The van der Waals surface area contributed by atoms with Crippen LogP contribution in [0.4, 0.5) is 0 Å². The summed E-state index contributed by atoms with van der Waals surface area (Å²) in [4.78, 5) is 38.4. The molecule has 0 fully saturated rings. The number of esters is 3. The second-order valence-corrected chi connectivity index (χ2v) is 22.0. The molecular weight excluding hydrogens is 937 g/mol. The van der Waals surface area contributed by atoms with Crippen LogP contribution < -0.4 is 0 Å². The van der Waals surface area contributed by atoms with Gasteiger partial charge in [0.05, 0.1) is 0 Å². The van der Waals surface area contributed by atoms with Crippen molar-refractivity contribution in [2.24, 2.45) is 0 Å². The Morgan fingerprint density at radius 1 is 0.263 bits per heavy atom. The largest absolute Gasteiger partial charge is 0.462 e. The van der Waals surface area contributed by atoms with Crippen molar-refractivity contribution < 1.29 is 28.6 Å². The van der Waals surface area contributed by atoms with Crippen molar-refractivity contribution in [3.8, 4) is 0 Å². The molecule has 0 spiro atoms. The van der Waals surface area contributed by atoms with E-state index in [0.717, 1.165) is 89.9 Å². The number of carbonyl (C=O) groups is 3. The molecule has 76 heavy (non-hydrogen) atoms. The quantitative estimate of drug-likeness (QED) is 0.0261. The molecule has 0 rings (SSSR count). The highest BCUT2D eigenvalue weighted by molar-refractivity contribution is 5.71. The van der Waals surface area contributed by atoms with Gasteiger partial charge in [-0.3, -0.25) is 14.4 Å². The number of unbranched alkanes of at least 4 members (excludes halogenated alkanes) is 37. The second-order valence-electron chi connectivity index (χ2n) is 22.0. The lowest BCUT2D eigenvalue weighted by molar-refractivity contribution is -0.167. The number of hydrogen-bond donors (Lipinski definition) is 0. The van der Waals surface area contributed by atoms with Gasteiger partial charge in [-0.2, -0.15) is 0 Å². The minimum Gasteiger partial charge on any atom is -0.462 e. The monoisotopic (exact) mass is 1060 g/mol. The van der Waals surface area contributed by atoms with E-state index in [4.69, 9.17) is 14.2 Å². The molecule has 0 saturated carbocycles. The number of ether oxygens (including phenoxy) is 3. The number of carbonyl (C=O) groups excluding carboxylic acids is 3. The first-order valence-electron chi connectivity index (χ1n) is 32.9. The third-order valence-electron chi connectivity index (χ3n) is 14.4. The van der Waals surface area contributed by atoms with E-state index in [1.165, 1.54) is 205 Å². The van der Waals surface area contributed by atoms with Gasteiger partial charge in [0.2, 0.25) is 0 Å². The second kappa shape index (κ2) is 64.4. The fourth-order valence-electron chi connectivity index (χ4n) is 9.42. The molecule has 1 unspecified atom stereocenters. The van der Waals surface area contributed by atoms with Gasteiger partial charge in [-0.05, 0) is 116 Å². The molecule has 0 radical (unpaired) electrons. The predicted octanol–water partition coefficient (Wildman–Crippen LogP) is 22.5. The Kier molecular flexibility index (Phi) is 61.7. The van der Waals surface area contributed by atoms with Crippen molar-refractivity contribution in [1.82, 2.24) is 0 Å². The summed E-state index contributed by atoms with van der Waals surface area (Å²) in [5.41, 5.74) is 0. The highest BCUT2D eigenvalue weighted by Gasteiger charge is 2.19. The summed E-state index contributed by atoms with van der Waals surface area (Å²) in [5.74, 6) is -0.889. The summed E-state index contributed by atoms with van der Waals surface area (Å²) in [6.07, 6.45) is 83.3. The van der Waals surface area contributed by atoms with Crippen LogP contribution in [0.1, 0.15) is 335 Å². The van der Waals surface area contributed by atoms with E-state index in [1.807, 2.05) is 0 Å². The maximum atomic E-state index is 12.9. The summed E-state index contributed by atoms with van der Waals surface area (Å²) < 4.78 is 16.9. The van der Waals surface area contributed by atoms with Crippen LogP contribution in [-0.4, -0.2) is 37.2 Å². The Hall–Kier alpha value is -3.15. The Balaban J connectivity index is 4.39. The van der Waals surface area contributed by atoms with Gasteiger partial charge in [-0.1, -0.05) is 273 Å². The van der Waals surface area contributed by atoms with Crippen molar-refractivity contribution >= 4 is 17.9 Å². The first-order chi connectivity index (χ1) is 37.5. The summed E-state index contributed by atoms with van der Waals surface area (Å²) in [6.45, 7) is 6.62. The molecule has 0 aromatic carbocycles. The van der Waals surface area contributed by atoms with E-state index >= 15 is 0 Å². The average Bonchev–Trinajstić information content (AvgIpc) is 3.42. The van der Waals surface area contributed by atoms with E-state index in [2.05, 4.69) is 93.7 Å². The van der Waals surface area contributed by atoms with Crippen LogP contribution in [-0.2, 0) is 28.6 Å². The zero-order chi connectivity index (χ0) is 55.0. The van der Waals surface area contributed by atoms with E-state index < -0.39 is 6.10 Å². The minimum absolute atomic E-state index is 0.0827. The minimum atomic E-state index is -0.787. The van der Waals surface area contributed by atoms with Crippen molar-refractivity contribution in [2.45, 2.75) is 341 Å². The molecule has 6 heteroatoms. The van der Waals surface area contributed by atoms with Gasteiger partial charge in [0.25, 0.3) is 0 Å². The molecule has 0 aromatic rings. The lowest BCUT2D eigenvalue weighted by atomic mass is 10.1. The smallest absolute Gasteiger partial charge is 0.306 e. The third kappa shape index (κ3) is 61.7. The van der Waals surface area contributed by atoms with Crippen molar-refractivity contribution in [3.05, 3.63) is 72.9 Å². The van der Waals surface area contributed by atoms with E-state index in [1.54, 1.807) is 0 Å². The van der Waals surface area contributed by atoms with Gasteiger partial charge in [-0.25, -0.2) is 0 Å². The summed E-state index contributed by atoms with van der Waals surface area (Å²) in [7, 11) is 0. The van der Waals surface area contributed by atoms with Crippen LogP contribution in [0.25, 0.3) is 0 Å². The van der Waals surface area contributed by atoms with Crippen LogP contribution in [0, 0.1) is 0 Å². The summed E-state index contributed by atoms with van der Waals surface area (Å²) in [5, 5.41) is 0. The SMILES string of the molecule is CCCCCC/C=C\C/C=C\CCCCCCCC(=O)OCC(COC(=O)CCCCCCCCCCC/C=C\C/C=C\CCCCCCC)OC(=O)CCCCCCCCCCC/C=C\C/C=C\CCCCCCC. The van der Waals surface area contributed by atoms with Crippen LogP contribution in [0.3, 0.4) is 0 Å². The molecular formula is C70H124O6. The van der Waals surface area contributed by atoms with E-state index in [9.17, 15) is 14.4 Å². The maximum absolute atomic E-state index is 12.9. The zero-order valence-electron chi connectivity index (χ0n) is 50.5. The van der Waals surface area contributed by atoms with Crippen LogP contribution in [0.15, 0.2) is 72.9 Å². The first-order valence-corrected chi connectivity index (χ1v) is 32.9. The molecule has 0 N–H and O–H groups in total. The van der Waals surface area contributed by atoms with Gasteiger partial charge in [0.1, 0.15) is 13.2 Å². The van der Waals surface area contributed by atoms with Gasteiger partial charge in [-0.15, -0.1) is 0 Å². The lowest BCUT2D eigenvalue weighted by Crippen LogP contribution is -2.30. The zero-order valence-corrected chi connectivity index (χ0v) is 50.5. The van der Waals surface area contributed by atoms with Crippen LogP contribution >= 0.6 is 0 Å². The Morgan fingerprint density at radius 3 is 0.737 bits per heavy atom. The molecule has 440 valence electrons. The molecule has 0 aliphatic carbocycles. The molecule has 0 aromatic heterocycles. The molecule has 0 heterocycles. The van der Waals surface area contributed by atoms with E-state index in [-0.39, 0.29) is 31.1 Å². The molecule has 0 aliphatic heterocycles. The fraction of sp³-hybridized carbons (Fsp3) is 0.786. The standard InChI is InChI=1S/C70H124O6/c1-4-7-10-13-16-19-22-25-28-31-33-35-37-39-42-45-48-51-54-57-60-63-69(72)75-66-67(65-74-68(71)62-59-56-53-50-47-44-41-30-27-24-21-18-15-12-9-6-3)76-70(73)64-61-58-55-52-49-46-43-40-38-36-34-32-29-26-23-20-17-14-11-8-5-2/h21-26,30-34,41,67H,4-20,27-29,35-40,42-66H2,1-3H3/b24-21-,25-22-,26-23-,33-31-,34-32-,41-30-. The lowest BCUT2D eigenvalue weighted by Gasteiger charge is -2.18. The van der Waals surface area contributed by atoms with Crippen molar-refractivity contribution in [2.75, 3.05) is 13.2 Å². The highest BCUT2D eigenvalue weighted by atomic mass is 16.6. The average molecular weight is 1060 g/mol. The van der Waals surface area contributed by atoms with Crippen molar-refractivity contribution in [1.29, 1.82) is 0 Å². The van der Waals surface area contributed by atoms with E-state index in [0.29, 0.717) is 19.3 Å². The molecule has 0 aliphatic rings. The highest BCUT2D eigenvalue weighted by Crippen LogP contribution is 2.16. The predicted molar refractivity (Wildman–Crippen MR) is 330 cm³/mol. The van der Waals surface area contributed by atoms with Gasteiger partial charge in [0.15, 0.2) is 6.10 Å². The van der Waals surface area contributed by atoms with Gasteiger partial charge >= 0.3 is 17.9 Å². The fourth-order valence-corrected chi connectivity index (χ4v) is 9.42. The Labute approximate surface area is 472 Å². The molecule has 0 bridgehead atoms. The van der Waals surface area contributed by atoms with Crippen LogP contribution in [0.5, 0.6) is 0 Å². The summed E-state index contributed by atoms with van der Waals surface area (Å²) >= 11 is 0. The molecule has 0 amide bonds. The van der Waals surface area contributed by atoms with Crippen LogP contribution in [0.2, 0.25) is 0 Å². The Bertz CT molecular complexity index is 1400. The third-order valence-corrected chi connectivity index (χ3v) is 14.4. The summed E-state index contributed by atoms with van der Waals surface area (Å²) in [6, 6.07) is 0. The number of allylic oxidation sites excluding steroid dienone is 12. The number of hydrogen-bond acceptors (Lipinski definition) is 6. The number of rotatable bonds is 60. The molecule has 0 saturated heterocycles. The molecule has 1 atom stereocenters. The maximum Gasteiger partial charge on any atom is 0.306 e. The Morgan fingerprint density at radius 2 is 0.474 bits per heavy atom. The first kappa shape index (κ1) is 72.8. The normalized spacial score (nSPS) is 12.5. The van der Waals surface area contributed by atoms with Gasteiger partial charge in [0, 0.05) is 19.3 Å². The topological polar surface area (TPSA) is 78.9 Å². The van der Waals surface area contributed by atoms with Crippen molar-refractivity contribution in [3.63, 3.8) is 0 Å². The van der Waals surface area contributed by atoms with Gasteiger partial charge < -0.3 is 14.2 Å². The molecule has 6 nitrogen and oxygen atoms in total.